The maximum atomic E-state index is 12.2. The van der Waals surface area contributed by atoms with E-state index in [4.69, 9.17) is 5.11 Å². The maximum Gasteiger partial charge on any atom is 0.354 e. The first-order chi connectivity index (χ1) is 12.2. The molecule has 0 saturated heterocycles. The Morgan fingerprint density at radius 3 is 2.23 bits per heavy atom. The van der Waals surface area contributed by atoms with Crippen molar-refractivity contribution in [2.24, 2.45) is 0 Å². The van der Waals surface area contributed by atoms with Crippen molar-refractivity contribution in [2.75, 3.05) is 5.32 Å². The molecule has 9 nitrogen and oxygen atoms in total. The summed E-state index contributed by atoms with van der Waals surface area (Å²) in [5.74, 6) is -2.43. The van der Waals surface area contributed by atoms with Gasteiger partial charge in [-0.2, -0.15) is 0 Å². The van der Waals surface area contributed by atoms with Gasteiger partial charge in [0.2, 0.25) is 5.91 Å². The number of aromatic carboxylic acids is 1. The molecular formula is C16H15N3O6S. The fraction of sp³-hybridized carbons (Fsp3) is 0.125. The van der Waals surface area contributed by atoms with Crippen molar-refractivity contribution >= 4 is 33.5 Å². The summed E-state index contributed by atoms with van der Waals surface area (Å²) in [7, 11) is -4.14. The Kier molecular flexibility index (Phi) is 5.68. The number of carboxylic acid groups (broad SMARTS) is 1. The van der Waals surface area contributed by atoms with Crippen LogP contribution in [0.1, 0.15) is 34.2 Å². The second kappa shape index (κ2) is 7.74. The molecule has 0 unspecified atom stereocenters. The van der Waals surface area contributed by atoms with Gasteiger partial charge in [0.15, 0.2) is 0 Å². The van der Waals surface area contributed by atoms with Gasteiger partial charge in [-0.05, 0) is 36.4 Å². The highest BCUT2D eigenvalue weighted by Crippen LogP contribution is 2.15. The number of carbonyl (C=O) groups is 3. The lowest BCUT2D eigenvalue weighted by molar-refractivity contribution is -0.115. The van der Waals surface area contributed by atoms with Gasteiger partial charge in [0.25, 0.3) is 15.9 Å². The summed E-state index contributed by atoms with van der Waals surface area (Å²) in [4.78, 5) is 37.4. The maximum absolute atomic E-state index is 12.2. The highest BCUT2D eigenvalue weighted by atomic mass is 32.2. The lowest BCUT2D eigenvalue weighted by Gasteiger charge is -2.08. The van der Waals surface area contributed by atoms with Crippen molar-refractivity contribution in [1.29, 1.82) is 0 Å². The summed E-state index contributed by atoms with van der Waals surface area (Å²) in [5, 5.41) is 11.3. The van der Waals surface area contributed by atoms with Crippen LogP contribution < -0.4 is 10.0 Å². The van der Waals surface area contributed by atoms with Crippen LogP contribution in [0.25, 0.3) is 0 Å². The summed E-state index contributed by atoms with van der Waals surface area (Å²) in [6, 6.07) is 7.53. The van der Waals surface area contributed by atoms with Gasteiger partial charge in [-0.1, -0.05) is 6.92 Å². The zero-order chi connectivity index (χ0) is 19.3. The van der Waals surface area contributed by atoms with E-state index in [1.54, 1.807) is 6.92 Å². The third kappa shape index (κ3) is 4.63. The van der Waals surface area contributed by atoms with E-state index in [2.05, 4.69) is 10.3 Å². The molecule has 2 aromatic rings. The lowest BCUT2D eigenvalue weighted by atomic mass is 10.2. The van der Waals surface area contributed by atoms with Crippen molar-refractivity contribution < 1.29 is 27.9 Å². The van der Waals surface area contributed by atoms with E-state index in [1.807, 2.05) is 4.72 Å². The third-order valence-corrected chi connectivity index (χ3v) is 4.59. The molecule has 3 N–H and O–H groups in total. The fourth-order valence-corrected chi connectivity index (χ4v) is 2.84. The molecule has 0 aliphatic rings. The number of hydrogen-bond donors (Lipinski definition) is 3. The molecule has 2 rings (SSSR count). The number of aromatic nitrogens is 1. The highest BCUT2D eigenvalue weighted by Gasteiger charge is 2.19. The van der Waals surface area contributed by atoms with Gasteiger partial charge in [0, 0.05) is 18.3 Å². The van der Waals surface area contributed by atoms with Gasteiger partial charge < -0.3 is 10.4 Å². The van der Waals surface area contributed by atoms with E-state index in [1.165, 1.54) is 24.3 Å². The van der Waals surface area contributed by atoms with Crippen molar-refractivity contribution in [3.8, 4) is 0 Å². The van der Waals surface area contributed by atoms with E-state index >= 15 is 0 Å². The second-order valence-corrected chi connectivity index (χ2v) is 6.78. The van der Waals surface area contributed by atoms with Crippen LogP contribution in [-0.2, 0) is 14.8 Å². The van der Waals surface area contributed by atoms with Crippen LogP contribution in [-0.4, -0.2) is 36.3 Å². The van der Waals surface area contributed by atoms with Crippen LogP contribution in [0, 0.1) is 0 Å². The second-order valence-electron chi connectivity index (χ2n) is 5.10. The van der Waals surface area contributed by atoms with Crippen molar-refractivity contribution in [3.63, 3.8) is 0 Å². The third-order valence-electron chi connectivity index (χ3n) is 3.24. The van der Waals surface area contributed by atoms with E-state index in [9.17, 15) is 22.8 Å². The van der Waals surface area contributed by atoms with Gasteiger partial charge in [0.05, 0.1) is 10.5 Å². The molecule has 0 radical (unpaired) electrons. The monoisotopic (exact) mass is 377 g/mol. The summed E-state index contributed by atoms with van der Waals surface area (Å²) < 4.78 is 26.4. The van der Waals surface area contributed by atoms with E-state index in [0.29, 0.717) is 5.69 Å². The van der Waals surface area contributed by atoms with Gasteiger partial charge in [0.1, 0.15) is 5.69 Å². The Labute approximate surface area is 149 Å². The molecule has 0 aliphatic carbocycles. The first kappa shape index (κ1) is 19.1. The Bertz CT molecular complexity index is 937. The molecular weight excluding hydrogens is 362 g/mol. The number of amides is 2. The topological polar surface area (TPSA) is 143 Å². The average Bonchev–Trinajstić information content (AvgIpc) is 2.61. The standard InChI is InChI=1S/C16H15N3O6S/c1-2-14(20)18-11-4-6-12(7-5-11)26(24,25)19-15(21)10-3-8-13(16(22)23)17-9-10/h3-9H,2H2,1H3,(H,18,20)(H,19,21)(H,22,23). The smallest absolute Gasteiger partial charge is 0.354 e. The number of anilines is 1. The molecule has 0 bridgehead atoms. The van der Waals surface area contributed by atoms with Crippen LogP contribution in [0.2, 0.25) is 0 Å². The molecule has 0 saturated carbocycles. The summed E-state index contributed by atoms with van der Waals surface area (Å²) in [6.07, 6.45) is 1.25. The number of nitrogens with one attached hydrogen (secondary N) is 2. The predicted octanol–water partition coefficient (Wildman–Crippen LogP) is 1.25. The zero-order valence-corrected chi connectivity index (χ0v) is 14.4. The molecule has 0 fully saturated rings. The van der Waals surface area contributed by atoms with Gasteiger partial charge in [-0.15, -0.1) is 0 Å². The Morgan fingerprint density at radius 2 is 1.73 bits per heavy atom. The van der Waals surface area contributed by atoms with Crippen LogP contribution in [0.3, 0.4) is 0 Å². The highest BCUT2D eigenvalue weighted by molar-refractivity contribution is 7.90. The van der Waals surface area contributed by atoms with E-state index < -0.39 is 21.9 Å². The number of sulfonamides is 1. The van der Waals surface area contributed by atoms with Crippen LogP contribution >= 0.6 is 0 Å². The first-order valence-corrected chi connectivity index (χ1v) is 8.87. The molecule has 1 heterocycles. The van der Waals surface area contributed by atoms with Crippen LogP contribution in [0.5, 0.6) is 0 Å². The van der Waals surface area contributed by atoms with Crippen molar-refractivity contribution in [2.45, 2.75) is 18.2 Å². The number of carbonyl (C=O) groups excluding carboxylic acids is 2. The fourth-order valence-electron chi connectivity index (χ4n) is 1.86. The number of hydrogen-bond acceptors (Lipinski definition) is 6. The minimum atomic E-state index is -4.14. The first-order valence-electron chi connectivity index (χ1n) is 7.39. The molecule has 26 heavy (non-hydrogen) atoms. The van der Waals surface area contributed by atoms with Gasteiger partial charge in [-0.3, -0.25) is 9.59 Å². The summed E-state index contributed by atoms with van der Waals surface area (Å²) >= 11 is 0. The lowest BCUT2D eigenvalue weighted by Crippen LogP contribution is -2.30. The molecule has 0 atom stereocenters. The normalized spacial score (nSPS) is 10.8. The molecule has 1 aromatic heterocycles. The number of carboxylic acids is 1. The Balaban J connectivity index is 2.13. The minimum Gasteiger partial charge on any atom is -0.477 e. The van der Waals surface area contributed by atoms with Crippen LogP contribution in [0.15, 0.2) is 47.5 Å². The summed E-state index contributed by atoms with van der Waals surface area (Å²) in [6.45, 7) is 1.68. The minimum absolute atomic E-state index is 0.106. The zero-order valence-electron chi connectivity index (χ0n) is 13.6. The Morgan fingerprint density at radius 1 is 1.08 bits per heavy atom. The molecule has 136 valence electrons. The van der Waals surface area contributed by atoms with E-state index in [-0.39, 0.29) is 28.5 Å². The molecule has 2 amide bonds. The number of pyridine rings is 1. The number of rotatable bonds is 6. The van der Waals surface area contributed by atoms with E-state index in [0.717, 1.165) is 18.3 Å². The van der Waals surface area contributed by atoms with Crippen molar-refractivity contribution in [3.05, 3.63) is 53.9 Å². The largest absolute Gasteiger partial charge is 0.477 e. The average molecular weight is 377 g/mol. The van der Waals surface area contributed by atoms with Gasteiger partial charge in [-0.25, -0.2) is 22.9 Å². The SMILES string of the molecule is CCC(=O)Nc1ccc(S(=O)(=O)NC(=O)c2ccc(C(=O)O)nc2)cc1. The summed E-state index contributed by atoms with van der Waals surface area (Å²) in [5.41, 5.74) is 0.0510. The van der Waals surface area contributed by atoms with Crippen molar-refractivity contribution in [1.82, 2.24) is 9.71 Å². The molecule has 0 aliphatic heterocycles. The molecule has 0 spiro atoms. The molecule has 1 aromatic carbocycles. The quantitative estimate of drug-likeness (QED) is 0.687. The number of nitrogens with zero attached hydrogens (tertiary/aromatic N) is 1. The van der Waals surface area contributed by atoms with Crippen LogP contribution in [0.4, 0.5) is 5.69 Å². The van der Waals surface area contributed by atoms with Gasteiger partial charge >= 0.3 is 5.97 Å². The molecule has 10 heteroatoms. The number of benzene rings is 1. The predicted molar refractivity (Wildman–Crippen MR) is 91.2 cm³/mol. The Hall–Kier alpha value is -3.27.